The molecule has 1 saturated heterocycles. The molecule has 0 N–H and O–H groups in total. The predicted octanol–water partition coefficient (Wildman–Crippen LogP) is 0.665. The zero-order valence-electron chi connectivity index (χ0n) is 22.2. The van der Waals surface area contributed by atoms with Gasteiger partial charge < -0.3 is 23.7 Å². The molecule has 0 spiro atoms. The fourth-order valence-electron chi connectivity index (χ4n) is 4.06. The van der Waals surface area contributed by atoms with Crippen molar-refractivity contribution in [1.29, 1.82) is 0 Å². The number of esters is 4. The van der Waals surface area contributed by atoms with Crippen molar-refractivity contribution < 1.29 is 42.9 Å². The third-order valence-corrected chi connectivity index (χ3v) is 5.56. The maximum atomic E-state index is 13.5. The molecular formula is C23H31N5O11. The smallest absolute Gasteiger partial charge is 0.333 e. The lowest BCUT2D eigenvalue weighted by Crippen LogP contribution is -2.62. The van der Waals surface area contributed by atoms with Gasteiger partial charge in [0.15, 0.2) is 24.5 Å². The van der Waals surface area contributed by atoms with Gasteiger partial charge in [-0.25, -0.2) is 4.79 Å². The molecule has 39 heavy (non-hydrogen) atoms. The van der Waals surface area contributed by atoms with E-state index in [4.69, 9.17) is 29.2 Å². The zero-order valence-corrected chi connectivity index (χ0v) is 22.2. The summed E-state index contributed by atoms with van der Waals surface area (Å²) in [5, 5.41) is 3.42. The number of aromatic nitrogens is 2. The average Bonchev–Trinajstić information content (AvgIpc) is 2.83. The Bertz CT molecular complexity index is 1250. The van der Waals surface area contributed by atoms with Gasteiger partial charge >= 0.3 is 29.6 Å². The van der Waals surface area contributed by atoms with Crippen LogP contribution in [0.3, 0.4) is 0 Å². The van der Waals surface area contributed by atoms with Crippen LogP contribution in [0.4, 0.5) is 0 Å². The highest BCUT2D eigenvalue weighted by Crippen LogP contribution is 2.34. The van der Waals surface area contributed by atoms with Crippen LogP contribution in [0.15, 0.2) is 20.9 Å². The van der Waals surface area contributed by atoms with E-state index in [1.54, 1.807) is 0 Å². The Morgan fingerprint density at radius 2 is 1.54 bits per heavy atom. The molecule has 0 aliphatic carbocycles. The quantitative estimate of drug-likeness (QED) is 0.0928. The Hall–Kier alpha value is -4.17. The normalized spacial score (nSPS) is 22.2. The molecule has 16 heteroatoms. The van der Waals surface area contributed by atoms with Gasteiger partial charge in [-0.05, 0) is 25.3 Å². The van der Waals surface area contributed by atoms with Crippen LogP contribution in [0.2, 0.25) is 0 Å². The first-order valence-corrected chi connectivity index (χ1v) is 12.0. The van der Waals surface area contributed by atoms with Crippen LogP contribution in [-0.2, 0) is 49.4 Å². The maximum absolute atomic E-state index is 13.5. The van der Waals surface area contributed by atoms with Gasteiger partial charge in [0.2, 0.25) is 0 Å². The van der Waals surface area contributed by atoms with Crippen LogP contribution in [0, 0.1) is 6.92 Å². The summed E-state index contributed by atoms with van der Waals surface area (Å²) in [5.41, 5.74) is 7.14. The van der Waals surface area contributed by atoms with E-state index in [1.807, 2.05) is 0 Å². The number of nitrogens with zero attached hydrogens (tertiary/aromatic N) is 5. The highest BCUT2D eigenvalue weighted by Gasteiger charge is 2.53. The van der Waals surface area contributed by atoms with E-state index in [9.17, 15) is 28.8 Å². The molecule has 1 aliphatic heterocycles. The van der Waals surface area contributed by atoms with Crippen LogP contribution >= 0.6 is 0 Å². The number of carbonyl (C=O) groups is 4. The summed E-state index contributed by atoms with van der Waals surface area (Å²) in [6.07, 6.45) is -5.22. The lowest BCUT2D eigenvalue weighted by molar-refractivity contribution is -0.269. The topological polar surface area (TPSA) is 207 Å². The van der Waals surface area contributed by atoms with Gasteiger partial charge in [-0.2, -0.15) is 0 Å². The van der Waals surface area contributed by atoms with Gasteiger partial charge in [0, 0.05) is 57.5 Å². The number of ether oxygens (including phenoxy) is 5. The Balaban J connectivity index is 2.66. The molecule has 0 bridgehead atoms. The molecule has 2 rings (SSSR count). The average molecular weight is 554 g/mol. The second-order valence-electron chi connectivity index (χ2n) is 8.71. The molecule has 0 saturated carbocycles. The van der Waals surface area contributed by atoms with Crippen LogP contribution in [0.1, 0.15) is 52.3 Å². The molecule has 214 valence electrons. The van der Waals surface area contributed by atoms with Crippen molar-refractivity contribution in [1.82, 2.24) is 9.13 Å². The number of aryl methyl sites for hydroxylation is 1. The van der Waals surface area contributed by atoms with Gasteiger partial charge in [-0.15, -0.1) is 0 Å². The molecule has 1 aromatic heterocycles. The Labute approximate surface area is 222 Å². The first-order chi connectivity index (χ1) is 18.4. The van der Waals surface area contributed by atoms with Crippen LogP contribution in [-0.4, -0.2) is 70.6 Å². The third-order valence-electron chi connectivity index (χ3n) is 5.56. The summed E-state index contributed by atoms with van der Waals surface area (Å²) in [6.45, 7) is 5.52. The number of unbranched alkanes of at least 4 members (excludes halogenated alkanes) is 1. The minimum absolute atomic E-state index is 0.0223. The maximum Gasteiger partial charge on any atom is 0.333 e. The summed E-state index contributed by atoms with van der Waals surface area (Å²) in [6, 6.07) is 0. The van der Waals surface area contributed by atoms with E-state index in [2.05, 4.69) is 10.0 Å². The van der Waals surface area contributed by atoms with E-state index in [0.717, 1.165) is 36.8 Å². The lowest BCUT2D eigenvalue weighted by atomic mass is 9.97. The van der Waals surface area contributed by atoms with E-state index in [1.165, 1.54) is 13.1 Å². The van der Waals surface area contributed by atoms with Crippen molar-refractivity contribution in [3.8, 4) is 0 Å². The molecule has 0 radical (unpaired) electrons. The molecule has 16 nitrogen and oxygen atoms in total. The van der Waals surface area contributed by atoms with Crippen molar-refractivity contribution in [2.45, 2.75) is 84.6 Å². The Kier molecular flexibility index (Phi) is 11.2. The molecule has 0 unspecified atom stereocenters. The number of azide groups is 1. The second kappa shape index (κ2) is 14.1. The monoisotopic (exact) mass is 553 g/mol. The Morgan fingerprint density at radius 3 is 2.10 bits per heavy atom. The van der Waals surface area contributed by atoms with Crippen molar-refractivity contribution in [2.75, 3.05) is 13.2 Å². The molecule has 2 heterocycles. The van der Waals surface area contributed by atoms with Gasteiger partial charge in [0.25, 0.3) is 5.56 Å². The summed E-state index contributed by atoms with van der Waals surface area (Å²) >= 11 is 0. The molecular weight excluding hydrogens is 522 g/mol. The number of hydrogen-bond acceptors (Lipinski definition) is 12. The minimum atomic E-state index is -1.52. The summed E-state index contributed by atoms with van der Waals surface area (Å²) in [5.74, 6) is -3.14. The fourth-order valence-corrected chi connectivity index (χ4v) is 4.06. The van der Waals surface area contributed by atoms with E-state index in [-0.39, 0.29) is 18.7 Å². The van der Waals surface area contributed by atoms with Crippen molar-refractivity contribution in [3.63, 3.8) is 0 Å². The highest BCUT2D eigenvalue weighted by atomic mass is 16.7. The molecule has 5 atom stereocenters. The van der Waals surface area contributed by atoms with Crippen LogP contribution in [0.5, 0.6) is 0 Å². The van der Waals surface area contributed by atoms with Crippen molar-refractivity contribution in [3.05, 3.63) is 43.0 Å². The van der Waals surface area contributed by atoms with Crippen LogP contribution < -0.4 is 11.2 Å². The van der Waals surface area contributed by atoms with Gasteiger partial charge in [-0.1, -0.05) is 5.11 Å². The third kappa shape index (κ3) is 8.41. The molecule has 1 aliphatic rings. The molecule has 0 aromatic carbocycles. The van der Waals surface area contributed by atoms with Crippen molar-refractivity contribution in [2.24, 2.45) is 5.11 Å². The minimum Gasteiger partial charge on any atom is -0.463 e. The number of rotatable bonds is 11. The molecule has 1 fully saturated rings. The van der Waals surface area contributed by atoms with E-state index >= 15 is 0 Å². The fraction of sp³-hybridized carbons (Fsp3) is 0.652. The Morgan fingerprint density at radius 1 is 0.949 bits per heavy atom. The standard InChI is InChI=1S/C23H31N5O11/c1-12-10-28(23(34)27(21(12)33)9-7-6-8-25-26-24)22-20(38-16(5)32)19(37-15(4)31)18(36-14(3)30)17(39-22)11-35-13(2)29/h10,17-20,22H,6-9,11H2,1-5H3/t17-,18+,19+,20-,22-/m1/s1. The summed E-state index contributed by atoms with van der Waals surface area (Å²) < 4.78 is 29.1. The van der Waals surface area contributed by atoms with E-state index < -0.39 is 72.4 Å². The van der Waals surface area contributed by atoms with E-state index in [0.29, 0.717) is 12.8 Å². The van der Waals surface area contributed by atoms with Gasteiger partial charge in [0.05, 0.1) is 0 Å². The van der Waals surface area contributed by atoms with Gasteiger partial charge in [-0.3, -0.25) is 33.1 Å². The number of hydrogen-bond donors (Lipinski definition) is 0. The van der Waals surface area contributed by atoms with Crippen LogP contribution in [0.25, 0.3) is 10.4 Å². The molecule has 1 aromatic rings. The van der Waals surface area contributed by atoms with Gasteiger partial charge in [0.1, 0.15) is 12.7 Å². The summed E-state index contributed by atoms with van der Waals surface area (Å²) in [4.78, 5) is 76.5. The molecule has 0 amide bonds. The largest absolute Gasteiger partial charge is 0.463 e. The predicted molar refractivity (Wildman–Crippen MR) is 130 cm³/mol. The number of carbonyl (C=O) groups excluding carboxylic acids is 4. The first-order valence-electron chi connectivity index (χ1n) is 12.0. The summed E-state index contributed by atoms with van der Waals surface area (Å²) in [7, 11) is 0. The lowest BCUT2D eigenvalue weighted by Gasteiger charge is -2.44. The van der Waals surface area contributed by atoms with Crippen molar-refractivity contribution >= 4 is 23.9 Å². The highest BCUT2D eigenvalue weighted by molar-refractivity contribution is 5.68. The first kappa shape index (κ1) is 31.1. The second-order valence-corrected chi connectivity index (χ2v) is 8.71. The SMILES string of the molecule is CC(=O)OC[C@H]1O[C@@H](n2cc(C)c(=O)n(CCCCN=[N+]=[N-])c2=O)[C@H](OC(C)=O)[C@@H](OC(C)=O)[C@H]1OC(C)=O. The zero-order chi connectivity index (χ0) is 29.3.